The number of benzene rings is 1. The Bertz CT molecular complexity index is 466. The van der Waals surface area contributed by atoms with E-state index in [1.165, 1.54) is 56.1 Å². The Hall–Kier alpha value is -0.820. The Morgan fingerprint density at radius 1 is 1.14 bits per heavy atom. The Labute approximate surface area is 129 Å². The SMILES string of the molecule is CC(C)CC1(C(O)c2cccc(C3CCC3)c2)CCCC1. The molecule has 21 heavy (non-hydrogen) atoms. The highest BCUT2D eigenvalue weighted by atomic mass is 16.3. The molecular formula is C20H30O. The molecule has 1 atom stereocenters. The molecule has 2 saturated carbocycles. The van der Waals surface area contributed by atoms with Crippen LogP contribution in [0.1, 0.15) is 88.4 Å². The van der Waals surface area contributed by atoms with Crippen molar-refractivity contribution in [2.45, 2.75) is 77.2 Å². The standard InChI is InChI=1S/C20H30O/c1-15(2)14-20(11-3-4-12-20)19(21)18-10-6-9-17(13-18)16-7-5-8-16/h6,9-10,13,15-16,19,21H,3-5,7-8,11-12,14H2,1-2H3. The lowest BCUT2D eigenvalue weighted by Gasteiger charge is -2.37. The molecule has 2 aliphatic carbocycles. The molecule has 3 rings (SSSR count). The van der Waals surface area contributed by atoms with Crippen molar-refractivity contribution in [1.29, 1.82) is 0 Å². The third kappa shape index (κ3) is 3.04. The zero-order chi connectivity index (χ0) is 14.9. The summed E-state index contributed by atoms with van der Waals surface area (Å²) in [6.45, 7) is 4.58. The molecule has 2 aliphatic rings. The van der Waals surface area contributed by atoms with Gasteiger partial charge < -0.3 is 5.11 Å². The van der Waals surface area contributed by atoms with Crippen molar-refractivity contribution >= 4 is 0 Å². The predicted octanol–water partition coefficient (Wildman–Crippen LogP) is 5.59. The van der Waals surface area contributed by atoms with Crippen molar-refractivity contribution < 1.29 is 5.11 Å². The van der Waals surface area contributed by atoms with E-state index in [-0.39, 0.29) is 11.5 Å². The van der Waals surface area contributed by atoms with Gasteiger partial charge in [-0.1, -0.05) is 57.4 Å². The van der Waals surface area contributed by atoms with Crippen LogP contribution in [-0.4, -0.2) is 5.11 Å². The average Bonchev–Trinajstić information content (AvgIpc) is 2.85. The molecule has 116 valence electrons. The third-order valence-corrected chi connectivity index (χ3v) is 5.80. The highest BCUT2D eigenvalue weighted by molar-refractivity contribution is 5.30. The van der Waals surface area contributed by atoms with E-state index < -0.39 is 0 Å². The summed E-state index contributed by atoms with van der Waals surface area (Å²) in [5, 5.41) is 11.1. The summed E-state index contributed by atoms with van der Waals surface area (Å²) in [6, 6.07) is 8.86. The van der Waals surface area contributed by atoms with Gasteiger partial charge in [0.15, 0.2) is 0 Å². The molecule has 2 fully saturated rings. The summed E-state index contributed by atoms with van der Waals surface area (Å²) < 4.78 is 0. The topological polar surface area (TPSA) is 20.2 Å². The number of aliphatic hydroxyl groups is 1. The normalized spacial score (nSPS) is 23.2. The molecule has 0 spiro atoms. The van der Waals surface area contributed by atoms with Crippen LogP contribution in [0.25, 0.3) is 0 Å². The van der Waals surface area contributed by atoms with Crippen molar-refractivity contribution in [3.8, 4) is 0 Å². The molecular weight excluding hydrogens is 256 g/mol. The number of hydrogen-bond donors (Lipinski definition) is 1. The first-order valence-corrected chi connectivity index (χ1v) is 8.89. The van der Waals surface area contributed by atoms with Gasteiger partial charge >= 0.3 is 0 Å². The quantitative estimate of drug-likeness (QED) is 0.747. The Morgan fingerprint density at radius 3 is 2.43 bits per heavy atom. The van der Waals surface area contributed by atoms with Crippen molar-refractivity contribution in [2.75, 3.05) is 0 Å². The molecule has 0 bridgehead atoms. The van der Waals surface area contributed by atoms with Gasteiger partial charge in [-0.05, 0) is 55.1 Å². The van der Waals surface area contributed by atoms with Crippen LogP contribution in [-0.2, 0) is 0 Å². The molecule has 0 aromatic heterocycles. The summed E-state index contributed by atoms with van der Waals surface area (Å²) in [4.78, 5) is 0. The lowest BCUT2D eigenvalue weighted by Crippen LogP contribution is -2.28. The molecule has 1 nitrogen and oxygen atoms in total. The molecule has 1 aromatic rings. The minimum atomic E-state index is -0.276. The second-order valence-corrected chi connectivity index (χ2v) is 7.87. The molecule has 0 heterocycles. The van der Waals surface area contributed by atoms with E-state index in [0.717, 1.165) is 12.3 Å². The van der Waals surface area contributed by atoms with Crippen LogP contribution in [0.3, 0.4) is 0 Å². The molecule has 0 aliphatic heterocycles. The maximum Gasteiger partial charge on any atom is 0.0846 e. The second-order valence-electron chi connectivity index (χ2n) is 7.87. The second kappa shape index (κ2) is 6.12. The summed E-state index contributed by atoms with van der Waals surface area (Å²) >= 11 is 0. The van der Waals surface area contributed by atoms with Gasteiger partial charge in [0, 0.05) is 5.41 Å². The maximum atomic E-state index is 11.1. The van der Waals surface area contributed by atoms with Gasteiger partial charge in [0.1, 0.15) is 0 Å². The molecule has 1 aromatic carbocycles. The van der Waals surface area contributed by atoms with Crippen molar-refractivity contribution in [2.24, 2.45) is 11.3 Å². The molecule has 0 radical (unpaired) electrons. The van der Waals surface area contributed by atoms with Crippen LogP contribution in [0.15, 0.2) is 24.3 Å². The Kier molecular flexibility index (Phi) is 4.40. The van der Waals surface area contributed by atoms with Gasteiger partial charge in [0.2, 0.25) is 0 Å². The van der Waals surface area contributed by atoms with Gasteiger partial charge in [-0.15, -0.1) is 0 Å². The first-order chi connectivity index (χ1) is 10.1. The monoisotopic (exact) mass is 286 g/mol. The van der Waals surface area contributed by atoms with E-state index in [4.69, 9.17) is 0 Å². The summed E-state index contributed by atoms with van der Waals surface area (Å²) in [7, 11) is 0. The largest absolute Gasteiger partial charge is 0.388 e. The highest BCUT2D eigenvalue weighted by Crippen LogP contribution is 2.52. The van der Waals surface area contributed by atoms with Crippen molar-refractivity contribution in [1.82, 2.24) is 0 Å². The van der Waals surface area contributed by atoms with Gasteiger partial charge in [0.05, 0.1) is 6.10 Å². The first kappa shape index (κ1) is 15.1. The predicted molar refractivity (Wildman–Crippen MR) is 88.3 cm³/mol. The zero-order valence-corrected chi connectivity index (χ0v) is 13.6. The van der Waals surface area contributed by atoms with Gasteiger partial charge in [-0.2, -0.15) is 0 Å². The number of aliphatic hydroxyl groups excluding tert-OH is 1. The van der Waals surface area contributed by atoms with E-state index in [2.05, 4.69) is 38.1 Å². The van der Waals surface area contributed by atoms with Crippen LogP contribution in [0.2, 0.25) is 0 Å². The average molecular weight is 286 g/mol. The summed E-state index contributed by atoms with van der Waals surface area (Å²) in [6.07, 6.45) is 9.87. The van der Waals surface area contributed by atoms with Crippen LogP contribution in [0.5, 0.6) is 0 Å². The Morgan fingerprint density at radius 2 is 1.86 bits per heavy atom. The first-order valence-electron chi connectivity index (χ1n) is 8.89. The van der Waals surface area contributed by atoms with E-state index in [9.17, 15) is 5.11 Å². The number of hydrogen-bond acceptors (Lipinski definition) is 1. The van der Waals surface area contributed by atoms with Crippen LogP contribution < -0.4 is 0 Å². The fourth-order valence-electron chi connectivity index (χ4n) is 4.56. The van der Waals surface area contributed by atoms with E-state index >= 15 is 0 Å². The minimum Gasteiger partial charge on any atom is -0.388 e. The molecule has 1 N–H and O–H groups in total. The minimum absolute atomic E-state index is 0.131. The van der Waals surface area contributed by atoms with Crippen LogP contribution in [0.4, 0.5) is 0 Å². The van der Waals surface area contributed by atoms with E-state index in [1.54, 1.807) is 0 Å². The molecule has 1 unspecified atom stereocenters. The smallest absolute Gasteiger partial charge is 0.0846 e. The summed E-state index contributed by atoms with van der Waals surface area (Å²) in [5.41, 5.74) is 2.75. The molecule has 0 saturated heterocycles. The van der Waals surface area contributed by atoms with Gasteiger partial charge in [-0.3, -0.25) is 0 Å². The maximum absolute atomic E-state index is 11.1. The Balaban J connectivity index is 1.83. The van der Waals surface area contributed by atoms with Crippen molar-refractivity contribution in [3.63, 3.8) is 0 Å². The zero-order valence-electron chi connectivity index (χ0n) is 13.6. The van der Waals surface area contributed by atoms with Gasteiger partial charge in [0.25, 0.3) is 0 Å². The lowest BCUT2D eigenvalue weighted by molar-refractivity contribution is 0.0111. The summed E-state index contributed by atoms with van der Waals surface area (Å²) in [5.74, 6) is 1.41. The fraction of sp³-hybridized carbons (Fsp3) is 0.700. The highest BCUT2D eigenvalue weighted by Gasteiger charge is 2.41. The van der Waals surface area contributed by atoms with Crippen LogP contribution >= 0.6 is 0 Å². The van der Waals surface area contributed by atoms with E-state index in [0.29, 0.717) is 5.92 Å². The lowest BCUT2D eigenvalue weighted by atomic mass is 9.71. The third-order valence-electron chi connectivity index (χ3n) is 5.80. The number of rotatable bonds is 5. The van der Waals surface area contributed by atoms with Crippen molar-refractivity contribution in [3.05, 3.63) is 35.4 Å². The van der Waals surface area contributed by atoms with E-state index in [1.807, 2.05) is 0 Å². The fourth-order valence-corrected chi connectivity index (χ4v) is 4.56. The molecule has 0 amide bonds. The van der Waals surface area contributed by atoms with Gasteiger partial charge in [-0.25, -0.2) is 0 Å². The van der Waals surface area contributed by atoms with Crippen LogP contribution in [0, 0.1) is 11.3 Å². The molecule has 1 heteroatoms.